The predicted octanol–water partition coefficient (Wildman–Crippen LogP) is 1.95. The number of carbonyl (C=O) groups excluding carboxylic acids is 1. The molecule has 1 aromatic rings. The molecule has 0 spiro atoms. The van der Waals surface area contributed by atoms with E-state index in [4.69, 9.17) is 0 Å². The highest BCUT2D eigenvalue weighted by atomic mass is 32.1. The van der Waals surface area contributed by atoms with Crippen LogP contribution in [0.15, 0.2) is 12.1 Å². The molecule has 0 aliphatic carbocycles. The van der Waals surface area contributed by atoms with Crippen LogP contribution < -0.4 is 5.32 Å². The summed E-state index contributed by atoms with van der Waals surface area (Å²) < 4.78 is 0. The third-order valence-electron chi connectivity index (χ3n) is 2.27. The molecule has 0 fully saturated rings. The molecule has 0 atom stereocenters. The van der Waals surface area contributed by atoms with Crippen LogP contribution in [0.2, 0.25) is 0 Å². The van der Waals surface area contributed by atoms with Gasteiger partial charge < -0.3 is 10.2 Å². The number of rotatable bonds is 5. The van der Waals surface area contributed by atoms with Crippen molar-refractivity contribution in [2.24, 2.45) is 0 Å². The predicted molar refractivity (Wildman–Crippen MR) is 64.3 cm³/mol. The van der Waals surface area contributed by atoms with E-state index in [0.717, 1.165) is 24.5 Å². The molecule has 1 heterocycles. The molecular formula is C11H18N2OS. The lowest BCUT2D eigenvalue weighted by Crippen LogP contribution is -2.29. The topological polar surface area (TPSA) is 32.3 Å². The number of hydrogen-bond acceptors (Lipinski definition) is 3. The number of nitrogens with one attached hydrogen (secondary N) is 1. The minimum atomic E-state index is 0.146. The lowest BCUT2D eigenvalue weighted by Gasteiger charge is -2.17. The molecule has 0 saturated carbocycles. The Balaban J connectivity index is 2.73. The van der Waals surface area contributed by atoms with Gasteiger partial charge in [0.25, 0.3) is 5.91 Å². The molecule has 0 aliphatic heterocycles. The van der Waals surface area contributed by atoms with E-state index in [0.29, 0.717) is 0 Å². The highest BCUT2D eigenvalue weighted by Crippen LogP contribution is 2.18. The zero-order valence-electron chi connectivity index (χ0n) is 9.54. The highest BCUT2D eigenvalue weighted by Gasteiger charge is 2.14. The summed E-state index contributed by atoms with van der Waals surface area (Å²) in [5.41, 5.74) is 0. The van der Waals surface area contributed by atoms with E-state index >= 15 is 0 Å². The molecule has 0 aliphatic rings. The monoisotopic (exact) mass is 226 g/mol. The third-order valence-corrected chi connectivity index (χ3v) is 3.35. The van der Waals surface area contributed by atoms with Gasteiger partial charge >= 0.3 is 0 Å². The van der Waals surface area contributed by atoms with Gasteiger partial charge in [-0.25, -0.2) is 0 Å². The summed E-state index contributed by atoms with van der Waals surface area (Å²) in [6, 6.07) is 3.93. The van der Waals surface area contributed by atoms with E-state index in [1.165, 1.54) is 4.88 Å². The van der Waals surface area contributed by atoms with Crippen LogP contribution >= 0.6 is 11.3 Å². The van der Waals surface area contributed by atoms with Crippen LogP contribution in [0, 0.1) is 0 Å². The summed E-state index contributed by atoms with van der Waals surface area (Å²) in [4.78, 5) is 15.8. The Hall–Kier alpha value is -0.870. The van der Waals surface area contributed by atoms with Crippen molar-refractivity contribution < 1.29 is 4.79 Å². The van der Waals surface area contributed by atoms with Crippen LogP contribution in [0.4, 0.5) is 0 Å². The fourth-order valence-electron chi connectivity index (χ4n) is 1.43. The molecule has 0 bridgehead atoms. The highest BCUT2D eigenvalue weighted by molar-refractivity contribution is 7.14. The summed E-state index contributed by atoms with van der Waals surface area (Å²) in [5, 5.41) is 3.08. The molecule has 3 nitrogen and oxygen atoms in total. The summed E-state index contributed by atoms with van der Waals surface area (Å²) in [6.45, 7) is 6.38. The maximum absolute atomic E-state index is 11.9. The minimum Gasteiger partial charge on any atom is -0.339 e. The van der Waals surface area contributed by atoms with Crippen molar-refractivity contribution >= 4 is 17.2 Å². The average molecular weight is 226 g/mol. The van der Waals surface area contributed by atoms with Crippen LogP contribution in [0.1, 0.15) is 28.4 Å². The lowest BCUT2D eigenvalue weighted by molar-refractivity contribution is 0.0778. The zero-order chi connectivity index (χ0) is 11.3. The summed E-state index contributed by atoms with van der Waals surface area (Å²) in [7, 11) is 1.91. The maximum Gasteiger partial charge on any atom is 0.263 e. The maximum atomic E-state index is 11.9. The van der Waals surface area contributed by atoms with Gasteiger partial charge in [0.05, 0.1) is 4.88 Å². The van der Waals surface area contributed by atoms with Crippen LogP contribution in [0.3, 0.4) is 0 Å². The van der Waals surface area contributed by atoms with Gasteiger partial charge in [-0.3, -0.25) is 4.79 Å². The van der Waals surface area contributed by atoms with Crippen molar-refractivity contribution in [2.75, 3.05) is 20.1 Å². The first-order valence-corrected chi connectivity index (χ1v) is 6.07. The normalized spacial score (nSPS) is 10.3. The average Bonchev–Trinajstić information content (AvgIpc) is 2.68. The van der Waals surface area contributed by atoms with Gasteiger partial charge in [-0.15, -0.1) is 11.3 Å². The van der Waals surface area contributed by atoms with Crippen LogP contribution in [-0.4, -0.2) is 30.9 Å². The van der Waals surface area contributed by atoms with Crippen molar-refractivity contribution in [3.8, 4) is 0 Å². The first kappa shape index (κ1) is 12.2. The standard InChI is InChI=1S/C11H18N2OS/c1-4-13(5-2)11(14)10-7-6-9(15-10)8-12-3/h6-7,12H,4-5,8H2,1-3H3. The molecule has 1 amide bonds. The van der Waals surface area contributed by atoms with Gasteiger partial charge in [0, 0.05) is 24.5 Å². The fraction of sp³-hybridized carbons (Fsp3) is 0.545. The quantitative estimate of drug-likeness (QED) is 0.832. The van der Waals surface area contributed by atoms with E-state index in [1.54, 1.807) is 11.3 Å². The van der Waals surface area contributed by atoms with Crippen molar-refractivity contribution in [1.29, 1.82) is 0 Å². The van der Waals surface area contributed by atoms with Crippen LogP contribution in [-0.2, 0) is 6.54 Å². The van der Waals surface area contributed by atoms with E-state index < -0.39 is 0 Å². The minimum absolute atomic E-state index is 0.146. The molecule has 1 aromatic heterocycles. The smallest absolute Gasteiger partial charge is 0.263 e. The Morgan fingerprint density at radius 1 is 1.40 bits per heavy atom. The Morgan fingerprint density at radius 3 is 2.60 bits per heavy atom. The van der Waals surface area contributed by atoms with Gasteiger partial charge in [-0.2, -0.15) is 0 Å². The SMILES string of the molecule is CCN(CC)C(=O)c1ccc(CNC)s1. The Bertz CT molecular complexity index is 318. The second-order valence-corrected chi connectivity index (χ2v) is 4.44. The Labute approximate surface area is 95.1 Å². The first-order chi connectivity index (χ1) is 7.22. The molecule has 0 saturated heterocycles. The molecule has 1 N–H and O–H groups in total. The van der Waals surface area contributed by atoms with Crippen LogP contribution in [0.5, 0.6) is 0 Å². The number of amides is 1. The number of thiophene rings is 1. The summed E-state index contributed by atoms with van der Waals surface area (Å²) >= 11 is 1.57. The molecule has 15 heavy (non-hydrogen) atoms. The Morgan fingerprint density at radius 2 is 2.07 bits per heavy atom. The van der Waals surface area contributed by atoms with Crippen LogP contribution in [0.25, 0.3) is 0 Å². The number of nitrogens with zero attached hydrogens (tertiary/aromatic N) is 1. The number of carbonyl (C=O) groups is 1. The van der Waals surface area contributed by atoms with Crippen molar-refractivity contribution in [3.63, 3.8) is 0 Å². The Kier molecular flexibility index (Phi) is 4.78. The van der Waals surface area contributed by atoms with E-state index in [-0.39, 0.29) is 5.91 Å². The van der Waals surface area contributed by atoms with Gasteiger partial charge in [0.2, 0.25) is 0 Å². The second-order valence-electron chi connectivity index (χ2n) is 3.27. The molecule has 1 rings (SSSR count). The molecule has 4 heteroatoms. The van der Waals surface area contributed by atoms with Gasteiger partial charge in [-0.05, 0) is 33.0 Å². The first-order valence-electron chi connectivity index (χ1n) is 5.25. The number of hydrogen-bond donors (Lipinski definition) is 1. The van der Waals surface area contributed by atoms with E-state index in [2.05, 4.69) is 5.32 Å². The fourth-order valence-corrected chi connectivity index (χ4v) is 2.42. The molecule has 0 unspecified atom stereocenters. The van der Waals surface area contributed by atoms with Gasteiger partial charge in [0.15, 0.2) is 0 Å². The summed E-state index contributed by atoms with van der Waals surface area (Å²) in [6.07, 6.45) is 0. The molecule has 84 valence electrons. The molecule has 0 radical (unpaired) electrons. The molecular weight excluding hydrogens is 208 g/mol. The van der Waals surface area contributed by atoms with E-state index in [1.807, 2.05) is 37.9 Å². The van der Waals surface area contributed by atoms with Gasteiger partial charge in [0.1, 0.15) is 0 Å². The van der Waals surface area contributed by atoms with Crippen molar-refractivity contribution in [2.45, 2.75) is 20.4 Å². The van der Waals surface area contributed by atoms with Crippen molar-refractivity contribution in [3.05, 3.63) is 21.9 Å². The summed E-state index contributed by atoms with van der Waals surface area (Å²) in [5.74, 6) is 0.146. The second kappa shape index (κ2) is 5.88. The van der Waals surface area contributed by atoms with Gasteiger partial charge in [-0.1, -0.05) is 0 Å². The lowest BCUT2D eigenvalue weighted by atomic mass is 10.3. The third kappa shape index (κ3) is 3.04. The van der Waals surface area contributed by atoms with E-state index in [9.17, 15) is 4.79 Å². The molecule has 0 aromatic carbocycles. The largest absolute Gasteiger partial charge is 0.339 e. The zero-order valence-corrected chi connectivity index (χ0v) is 10.4. The van der Waals surface area contributed by atoms with Crippen molar-refractivity contribution in [1.82, 2.24) is 10.2 Å².